The van der Waals surface area contributed by atoms with Gasteiger partial charge in [-0.2, -0.15) is 0 Å². The topological polar surface area (TPSA) is 40.6 Å². The molecule has 0 aromatic heterocycles. The van der Waals surface area contributed by atoms with Gasteiger partial charge in [-0.15, -0.1) is 0 Å². The average molecular weight is 507 g/mol. The number of hydrogen-bond donors (Lipinski definition) is 0. The Kier molecular flexibility index (Phi) is 9.63. The summed E-state index contributed by atoms with van der Waals surface area (Å²) in [5.41, 5.74) is 2.93. The Labute approximate surface area is 221 Å². The Hall–Kier alpha value is -2.59. The molecule has 1 aliphatic heterocycles. The Balaban J connectivity index is 1.36. The van der Waals surface area contributed by atoms with Crippen molar-refractivity contribution in [2.24, 2.45) is 11.8 Å². The van der Waals surface area contributed by atoms with Gasteiger partial charge in [0.25, 0.3) is 5.91 Å². The van der Waals surface area contributed by atoms with E-state index in [2.05, 4.69) is 30.0 Å². The monoisotopic (exact) mass is 506 g/mol. The second-order valence-electron chi connectivity index (χ2n) is 10.6. The van der Waals surface area contributed by atoms with Gasteiger partial charge < -0.3 is 9.80 Å². The molecule has 1 aliphatic carbocycles. The summed E-state index contributed by atoms with van der Waals surface area (Å²) in [5.74, 6) is 1.40. The number of likely N-dealkylation sites (tertiary alicyclic amines) is 1. The second-order valence-corrected chi connectivity index (χ2v) is 11.0. The molecule has 2 aliphatic rings. The standard InChI is InChI=1S/C31H39ClN2O2/c1-24(21-26-11-3-2-4-12-26)22-34(30(35)16-15-25-9-5-6-10-25)23-27-17-19-33(20-18-27)31(36)28-13-7-8-14-29(28)32/h2-4,7-8,11-14,21,25,27H,5-6,9-10,15-20,22-23H2,1H3/b24-21+. The largest absolute Gasteiger partial charge is 0.339 e. The van der Waals surface area contributed by atoms with Gasteiger partial charge in [0.05, 0.1) is 10.6 Å². The van der Waals surface area contributed by atoms with Crippen molar-refractivity contribution in [3.05, 3.63) is 76.3 Å². The maximum Gasteiger partial charge on any atom is 0.255 e. The van der Waals surface area contributed by atoms with Crippen molar-refractivity contribution in [2.75, 3.05) is 26.2 Å². The summed E-state index contributed by atoms with van der Waals surface area (Å²) in [6, 6.07) is 17.6. The van der Waals surface area contributed by atoms with Crippen molar-refractivity contribution >= 4 is 29.5 Å². The molecule has 36 heavy (non-hydrogen) atoms. The van der Waals surface area contributed by atoms with E-state index >= 15 is 0 Å². The first-order valence-corrected chi connectivity index (χ1v) is 13.9. The van der Waals surface area contributed by atoms with Crippen LogP contribution in [0.1, 0.15) is 74.2 Å². The van der Waals surface area contributed by atoms with Gasteiger partial charge in [-0.1, -0.05) is 91.4 Å². The minimum Gasteiger partial charge on any atom is -0.339 e. The van der Waals surface area contributed by atoms with Crippen LogP contribution in [0.5, 0.6) is 0 Å². The third-order valence-corrected chi connectivity index (χ3v) is 8.06. The smallest absolute Gasteiger partial charge is 0.255 e. The summed E-state index contributed by atoms with van der Waals surface area (Å²) >= 11 is 6.26. The average Bonchev–Trinajstić information content (AvgIpc) is 3.42. The van der Waals surface area contributed by atoms with Gasteiger partial charge in [0.1, 0.15) is 0 Å². The van der Waals surface area contributed by atoms with Crippen molar-refractivity contribution < 1.29 is 9.59 Å². The minimum absolute atomic E-state index is 0.00480. The van der Waals surface area contributed by atoms with Gasteiger partial charge >= 0.3 is 0 Å². The summed E-state index contributed by atoms with van der Waals surface area (Å²) in [6.45, 7) is 4.96. The van der Waals surface area contributed by atoms with Gasteiger partial charge in [-0.25, -0.2) is 0 Å². The lowest BCUT2D eigenvalue weighted by Crippen LogP contribution is -2.43. The lowest BCUT2D eigenvalue weighted by molar-refractivity contribution is -0.132. The van der Waals surface area contributed by atoms with Crippen molar-refractivity contribution in [3.63, 3.8) is 0 Å². The fourth-order valence-electron chi connectivity index (χ4n) is 5.66. The predicted molar refractivity (Wildman–Crippen MR) is 148 cm³/mol. The molecule has 4 nitrogen and oxygen atoms in total. The molecule has 1 saturated heterocycles. The number of rotatable bonds is 9. The van der Waals surface area contributed by atoms with Gasteiger partial charge in [-0.3, -0.25) is 9.59 Å². The van der Waals surface area contributed by atoms with Crippen LogP contribution in [0.3, 0.4) is 0 Å². The molecular formula is C31H39ClN2O2. The Morgan fingerprint density at radius 1 is 0.944 bits per heavy atom. The fourth-order valence-corrected chi connectivity index (χ4v) is 5.87. The van der Waals surface area contributed by atoms with Gasteiger partial charge in [-0.05, 0) is 55.7 Å². The predicted octanol–water partition coefficient (Wildman–Crippen LogP) is 7.09. The van der Waals surface area contributed by atoms with E-state index in [9.17, 15) is 9.59 Å². The van der Waals surface area contributed by atoms with Crippen LogP contribution in [0.15, 0.2) is 60.2 Å². The lowest BCUT2D eigenvalue weighted by Gasteiger charge is -2.35. The van der Waals surface area contributed by atoms with Gasteiger partial charge in [0.2, 0.25) is 5.91 Å². The molecule has 1 saturated carbocycles. The van der Waals surface area contributed by atoms with E-state index in [4.69, 9.17) is 11.6 Å². The Morgan fingerprint density at radius 2 is 1.61 bits per heavy atom. The molecule has 192 valence electrons. The lowest BCUT2D eigenvalue weighted by atomic mass is 9.94. The van der Waals surface area contributed by atoms with Crippen LogP contribution in [0.4, 0.5) is 0 Å². The number of carbonyl (C=O) groups excluding carboxylic acids is 2. The second kappa shape index (κ2) is 13.1. The van der Waals surface area contributed by atoms with Crippen molar-refractivity contribution in [3.8, 4) is 0 Å². The molecule has 2 aromatic carbocycles. The first kappa shape index (κ1) is 26.5. The molecule has 2 fully saturated rings. The van der Waals surface area contributed by atoms with E-state index < -0.39 is 0 Å². The van der Waals surface area contributed by atoms with E-state index in [-0.39, 0.29) is 11.8 Å². The molecule has 0 spiro atoms. The number of hydrogen-bond acceptors (Lipinski definition) is 2. The summed E-state index contributed by atoms with van der Waals surface area (Å²) in [6.07, 6.45) is 10.8. The SMILES string of the molecule is C/C(=C\c1ccccc1)CN(CC1CCN(C(=O)c2ccccc2Cl)CC1)C(=O)CCC1CCCC1. The third-order valence-electron chi connectivity index (χ3n) is 7.73. The highest BCUT2D eigenvalue weighted by Crippen LogP contribution is 2.29. The van der Waals surface area contributed by atoms with E-state index in [0.29, 0.717) is 42.6 Å². The van der Waals surface area contributed by atoms with Crippen LogP contribution >= 0.6 is 11.6 Å². The molecule has 0 bridgehead atoms. The zero-order chi connectivity index (χ0) is 25.3. The van der Waals surface area contributed by atoms with Crippen LogP contribution < -0.4 is 0 Å². The highest BCUT2D eigenvalue weighted by molar-refractivity contribution is 6.33. The maximum atomic E-state index is 13.4. The minimum atomic E-state index is 0.00480. The molecule has 0 unspecified atom stereocenters. The molecule has 2 aromatic rings. The number of benzene rings is 2. The van der Waals surface area contributed by atoms with Crippen LogP contribution in [-0.4, -0.2) is 47.8 Å². The van der Waals surface area contributed by atoms with Crippen molar-refractivity contribution in [2.45, 2.75) is 58.3 Å². The highest BCUT2D eigenvalue weighted by Gasteiger charge is 2.28. The first-order chi connectivity index (χ1) is 17.5. The Morgan fingerprint density at radius 3 is 2.31 bits per heavy atom. The van der Waals surface area contributed by atoms with Crippen LogP contribution in [-0.2, 0) is 4.79 Å². The van der Waals surface area contributed by atoms with Crippen LogP contribution in [0.2, 0.25) is 5.02 Å². The van der Waals surface area contributed by atoms with Gasteiger partial charge in [0, 0.05) is 32.6 Å². The van der Waals surface area contributed by atoms with Crippen LogP contribution in [0, 0.1) is 11.8 Å². The quantitative estimate of drug-likeness (QED) is 0.364. The van der Waals surface area contributed by atoms with Crippen molar-refractivity contribution in [1.82, 2.24) is 9.80 Å². The number of halogens is 1. The summed E-state index contributed by atoms with van der Waals surface area (Å²) in [5, 5.41) is 0.504. The molecule has 1 heterocycles. The number of nitrogens with zero attached hydrogens (tertiary/aromatic N) is 2. The molecule has 0 radical (unpaired) electrons. The fraction of sp³-hybridized carbons (Fsp3) is 0.484. The summed E-state index contributed by atoms with van der Waals surface area (Å²) < 4.78 is 0. The van der Waals surface area contributed by atoms with Crippen LogP contribution in [0.25, 0.3) is 6.08 Å². The molecule has 5 heteroatoms. The van der Waals surface area contributed by atoms with Crippen molar-refractivity contribution in [1.29, 1.82) is 0 Å². The van der Waals surface area contributed by atoms with Gasteiger partial charge in [0.15, 0.2) is 0 Å². The maximum absolute atomic E-state index is 13.4. The first-order valence-electron chi connectivity index (χ1n) is 13.5. The number of carbonyl (C=O) groups is 2. The molecule has 0 atom stereocenters. The molecular weight excluding hydrogens is 468 g/mol. The Bertz CT molecular complexity index is 1040. The summed E-state index contributed by atoms with van der Waals surface area (Å²) in [7, 11) is 0. The zero-order valence-electron chi connectivity index (χ0n) is 21.5. The summed E-state index contributed by atoms with van der Waals surface area (Å²) in [4.78, 5) is 30.3. The van der Waals surface area contributed by atoms with E-state index in [0.717, 1.165) is 31.7 Å². The third kappa shape index (κ3) is 7.46. The molecule has 4 rings (SSSR count). The van der Waals surface area contributed by atoms with E-state index in [1.807, 2.05) is 35.2 Å². The number of amides is 2. The van der Waals surface area contributed by atoms with E-state index in [1.54, 1.807) is 12.1 Å². The number of piperidine rings is 1. The molecule has 0 N–H and O–H groups in total. The van der Waals surface area contributed by atoms with E-state index in [1.165, 1.54) is 36.8 Å². The zero-order valence-corrected chi connectivity index (χ0v) is 22.3. The molecule has 2 amide bonds. The highest BCUT2D eigenvalue weighted by atomic mass is 35.5. The normalized spacial score (nSPS) is 17.4.